The number of nitrogens with one attached hydrogen (secondary N) is 2. The monoisotopic (exact) mass is 241 g/mol. The molecule has 0 spiro atoms. The van der Waals surface area contributed by atoms with E-state index in [0.717, 1.165) is 6.07 Å². The van der Waals surface area contributed by atoms with E-state index in [2.05, 4.69) is 0 Å². The molecule has 3 N–H and O–H groups in total. The standard InChI is InChI=1S/C5H4N2O4.Rb/c8-3-1-2(4(9)10)6-5(11)7-3;/h1H,(H,9,10)(H2,6,7,8,11);. The summed E-state index contributed by atoms with van der Waals surface area (Å²) in [7, 11) is 0. The van der Waals surface area contributed by atoms with Crippen molar-refractivity contribution < 1.29 is 9.90 Å². The van der Waals surface area contributed by atoms with Crippen LogP contribution < -0.4 is 11.2 Å². The summed E-state index contributed by atoms with van der Waals surface area (Å²) in [6, 6.07) is 0.795. The van der Waals surface area contributed by atoms with E-state index < -0.39 is 22.9 Å². The van der Waals surface area contributed by atoms with Crippen LogP contribution in [0.1, 0.15) is 10.5 Å². The molecular weight excluding hydrogens is 238 g/mol. The SMILES string of the molecule is O=C(O)c1cc(=O)[nH]c(=O)[nH]1.[Rb]. The summed E-state index contributed by atoms with van der Waals surface area (Å²) >= 11 is 0. The summed E-state index contributed by atoms with van der Waals surface area (Å²) in [5, 5.41) is 8.31. The number of rotatable bonds is 1. The molecule has 1 rings (SSSR count). The van der Waals surface area contributed by atoms with Gasteiger partial charge >= 0.3 is 11.7 Å². The molecule has 0 aliphatic heterocycles. The van der Waals surface area contributed by atoms with Gasteiger partial charge in [0.05, 0.1) is 0 Å². The first-order valence-electron chi connectivity index (χ1n) is 2.66. The van der Waals surface area contributed by atoms with E-state index >= 15 is 0 Å². The molecule has 0 atom stereocenters. The number of aromatic amines is 2. The molecule has 1 heterocycles. The van der Waals surface area contributed by atoms with E-state index in [1.807, 2.05) is 9.97 Å². The Labute approximate surface area is 115 Å². The van der Waals surface area contributed by atoms with Gasteiger partial charge in [-0.2, -0.15) is 0 Å². The molecule has 0 saturated heterocycles. The van der Waals surface area contributed by atoms with E-state index in [0.29, 0.717) is 0 Å². The molecular formula is C5H4N2O4Rb. The zero-order chi connectivity index (χ0) is 8.43. The summed E-state index contributed by atoms with van der Waals surface area (Å²) in [4.78, 5) is 34.9. The normalized spacial score (nSPS) is 8.67. The average Bonchev–Trinajstić information content (AvgIpc) is 1.85. The summed E-state index contributed by atoms with van der Waals surface area (Å²) in [6.07, 6.45) is 0. The number of aromatic carboxylic acids is 1. The molecule has 12 heavy (non-hydrogen) atoms. The fraction of sp³-hybridized carbons (Fsp3) is 0. The molecule has 0 saturated carbocycles. The molecule has 0 aliphatic rings. The Bertz CT molecular complexity index is 365. The van der Waals surface area contributed by atoms with Crippen LogP contribution in [0.3, 0.4) is 0 Å². The maximum atomic E-state index is 10.5. The minimum Gasteiger partial charge on any atom is -0.477 e. The van der Waals surface area contributed by atoms with Crippen LogP contribution >= 0.6 is 0 Å². The van der Waals surface area contributed by atoms with Crippen LogP contribution in [0.2, 0.25) is 0 Å². The number of H-pyrrole nitrogens is 2. The van der Waals surface area contributed by atoms with Crippen LogP contribution in [0.25, 0.3) is 0 Å². The van der Waals surface area contributed by atoms with Crippen molar-refractivity contribution in [3.63, 3.8) is 0 Å². The summed E-state index contributed by atoms with van der Waals surface area (Å²) in [6.45, 7) is 0. The molecule has 1 radical (unpaired) electrons. The van der Waals surface area contributed by atoms with E-state index in [-0.39, 0.29) is 58.2 Å². The molecule has 0 aromatic carbocycles. The Hall–Kier alpha value is -0.0448. The van der Waals surface area contributed by atoms with Crippen LogP contribution in [0.4, 0.5) is 0 Å². The van der Waals surface area contributed by atoms with Crippen LogP contribution in [0.5, 0.6) is 0 Å². The summed E-state index contributed by atoms with van der Waals surface area (Å²) < 4.78 is 0. The van der Waals surface area contributed by atoms with Crippen LogP contribution in [-0.2, 0) is 0 Å². The smallest absolute Gasteiger partial charge is 0.352 e. The van der Waals surface area contributed by atoms with Crippen molar-refractivity contribution in [1.82, 2.24) is 9.97 Å². The Balaban J connectivity index is 0.00000121. The second-order valence-electron chi connectivity index (χ2n) is 1.81. The second kappa shape index (κ2) is 4.85. The van der Waals surface area contributed by atoms with Gasteiger partial charge in [-0.1, -0.05) is 0 Å². The van der Waals surface area contributed by atoms with Crippen molar-refractivity contribution in [2.75, 3.05) is 0 Å². The minimum atomic E-state index is -1.34. The Morgan fingerprint density at radius 3 is 2.33 bits per heavy atom. The van der Waals surface area contributed by atoms with Crippen molar-refractivity contribution in [2.45, 2.75) is 0 Å². The summed E-state index contributed by atoms with van der Waals surface area (Å²) in [5.74, 6) is -1.34. The van der Waals surface area contributed by atoms with Crippen molar-refractivity contribution in [2.24, 2.45) is 0 Å². The maximum Gasteiger partial charge on any atom is 0.352 e. The van der Waals surface area contributed by atoms with Crippen LogP contribution in [0.15, 0.2) is 15.7 Å². The van der Waals surface area contributed by atoms with Crippen molar-refractivity contribution in [3.8, 4) is 0 Å². The molecule has 0 unspecified atom stereocenters. The van der Waals surface area contributed by atoms with E-state index in [1.54, 1.807) is 0 Å². The molecule has 0 bridgehead atoms. The summed E-state index contributed by atoms with van der Waals surface area (Å²) in [5.41, 5.74) is -1.97. The van der Waals surface area contributed by atoms with Gasteiger partial charge < -0.3 is 10.1 Å². The number of hydrogen-bond donors (Lipinski definition) is 3. The maximum absolute atomic E-state index is 10.5. The quantitative estimate of drug-likeness (QED) is 0.550. The molecule has 1 aromatic rings. The van der Waals surface area contributed by atoms with E-state index in [4.69, 9.17) is 5.11 Å². The first-order valence-corrected chi connectivity index (χ1v) is 2.66. The van der Waals surface area contributed by atoms with Gasteiger partial charge in [-0.05, 0) is 0 Å². The molecule has 0 aliphatic carbocycles. The average molecular weight is 242 g/mol. The van der Waals surface area contributed by atoms with E-state index in [9.17, 15) is 14.4 Å². The number of carbonyl (C=O) groups is 1. The number of carboxylic acid groups (broad SMARTS) is 1. The van der Waals surface area contributed by atoms with Crippen LogP contribution in [-0.4, -0.2) is 79.2 Å². The van der Waals surface area contributed by atoms with Gasteiger partial charge in [-0.15, -0.1) is 0 Å². The van der Waals surface area contributed by atoms with Gasteiger partial charge in [0, 0.05) is 64.3 Å². The largest absolute Gasteiger partial charge is 0.477 e. The molecule has 6 nitrogen and oxygen atoms in total. The van der Waals surface area contributed by atoms with Crippen LogP contribution in [0, 0.1) is 0 Å². The molecule has 7 heteroatoms. The number of carboxylic acids is 1. The fourth-order valence-electron chi connectivity index (χ4n) is 0.584. The first kappa shape index (κ1) is 12.0. The first-order chi connectivity index (χ1) is 5.09. The van der Waals surface area contributed by atoms with Gasteiger partial charge in [0.1, 0.15) is 5.69 Å². The topological polar surface area (TPSA) is 103 Å². The fourth-order valence-corrected chi connectivity index (χ4v) is 0.584. The van der Waals surface area contributed by atoms with Crippen molar-refractivity contribution in [3.05, 3.63) is 32.6 Å². The molecule has 59 valence electrons. The molecule has 1 aromatic heterocycles. The van der Waals surface area contributed by atoms with E-state index in [1.165, 1.54) is 0 Å². The molecule has 0 amide bonds. The van der Waals surface area contributed by atoms with Crippen molar-refractivity contribution >= 4 is 64.2 Å². The zero-order valence-electron chi connectivity index (χ0n) is 6.25. The third-order valence-electron chi connectivity index (χ3n) is 0.991. The molecule has 0 fully saturated rings. The Kier molecular flexibility index (Phi) is 4.84. The third kappa shape index (κ3) is 3.14. The van der Waals surface area contributed by atoms with Gasteiger partial charge in [0.2, 0.25) is 0 Å². The third-order valence-corrected chi connectivity index (χ3v) is 0.991. The Morgan fingerprint density at radius 2 is 1.92 bits per heavy atom. The second-order valence-corrected chi connectivity index (χ2v) is 1.81. The number of aromatic nitrogens is 2. The zero-order valence-corrected chi connectivity index (χ0v) is 11.2. The number of hydrogen-bond acceptors (Lipinski definition) is 3. The van der Waals surface area contributed by atoms with Gasteiger partial charge in [-0.3, -0.25) is 9.78 Å². The van der Waals surface area contributed by atoms with Gasteiger partial charge in [-0.25, -0.2) is 9.59 Å². The van der Waals surface area contributed by atoms with Gasteiger partial charge in [0.25, 0.3) is 5.56 Å². The van der Waals surface area contributed by atoms with Crippen molar-refractivity contribution in [1.29, 1.82) is 0 Å². The van der Waals surface area contributed by atoms with Gasteiger partial charge in [0.15, 0.2) is 0 Å². The predicted octanol–water partition coefficient (Wildman–Crippen LogP) is -1.62. The minimum absolute atomic E-state index is 0. The Morgan fingerprint density at radius 1 is 1.33 bits per heavy atom. The predicted molar refractivity (Wildman–Crippen MR) is 40.4 cm³/mol.